The van der Waals surface area contributed by atoms with Crippen molar-refractivity contribution in [2.75, 3.05) is 0 Å². The molecule has 0 bridgehead atoms. The van der Waals surface area contributed by atoms with E-state index in [9.17, 15) is 9.59 Å². The van der Waals surface area contributed by atoms with Gasteiger partial charge in [0.25, 0.3) is 0 Å². The van der Waals surface area contributed by atoms with Crippen molar-refractivity contribution in [3.05, 3.63) is 35.4 Å². The molecule has 1 saturated carbocycles. The van der Waals surface area contributed by atoms with Gasteiger partial charge >= 0.3 is 5.97 Å². The number of carboxylic acid groups (broad SMARTS) is 1. The number of carbonyl (C=O) groups is 2. The summed E-state index contributed by atoms with van der Waals surface area (Å²) in [4.78, 5) is 23.4. The lowest BCUT2D eigenvalue weighted by molar-refractivity contribution is -0.137. The topological polar surface area (TPSA) is 66.4 Å². The second-order valence-electron chi connectivity index (χ2n) is 5.89. The number of aliphatic carboxylic acids is 1. The summed E-state index contributed by atoms with van der Waals surface area (Å²) in [7, 11) is 0. The van der Waals surface area contributed by atoms with E-state index in [1.54, 1.807) is 0 Å². The molecule has 0 saturated heterocycles. The maximum Gasteiger partial charge on any atom is 0.305 e. The molecule has 2 unspecified atom stereocenters. The average molecular weight is 289 g/mol. The van der Waals surface area contributed by atoms with Gasteiger partial charge in [-0.05, 0) is 30.7 Å². The molecule has 2 rings (SSSR count). The van der Waals surface area contributed by atoms with Crippen LogP contribution in [0, 0.1) is 0 Å². The molecule has 21 heavy (non-hydrogen) atoms. The van der Waals surface area contributed by atoms with Gasteiger partial charge in [-0.25, -0.2) is 0 Å². The maximum absolute atomic E-state index is 12.5. The predicted molar refractivity (Wildman–Crippen MR) is 81.7 cm³/mol. The molecule has 2 N–H and O–H groups in total. The molecule has 0 aromatic heterocycles. The minimum absolute atomic E-state index is 0.125. The summed E-state index contributed by atoms with van der Waals surface area (Å²) in [6.07, 6.45) is 2.94. The van der Waals surface area contributed by atoms with Gasteiger partial charge in [-0.2, -0.15) is 0 Å². The summed E-state index contributed by atoms with van der Waals surface area (Å²) in [5.74, 6) is -0.605. The van der Waals surface area contributed by atoms with E-state index in [-0.39, 0.29) is 12.2 Å². The molecule has 0 spiro atoms. The lowest BCUT2D eigenvalue weighted by Gasteiger charge is -2.16. The molecule has 0 radical (unpaired) electrons. The van der Waals surface area contributed by atoms with E-state index in [1.165, 1.54) is 5.56 Å². The number of Topliss-reactive ketones (excluding diaryl/α,β-unsaturated/α-hetero) is 1. The summed E-state index contributed by atoms with van der Waals surface area (Å²) in [6.45, 7) is 4.28. The van der Waals surface area contributed by atoms with Crippen molar-refractivity contribution >= 4 is 11.8 Å². The smallest absolute Gasteiger partial charge is 0.305 e. The molecular weight excluding hydrogens is 266 g/mol. The monoisotopic (exact) mass is 289 g/mol. The Labute approximate surface area is 125 Å². The van der Waals surface area contributed by atoms with Gasteiger partial charge in [-0.15, -0.1) is 0 Å². The molecule has 1 fully saturated rings. The molecule has 114 valence electrons. The summed E-state index contributed by atoms with van der Waals surface area (Å²) in [5, 5.41) is 12.1. The lowest BCUT2D eigenvalue weighted by atomic mass is 9.95. The number of hydrogen-bond donors (Lipinski definition) is 2. The minimum Gasteiger partial charge on any atom is -0.481 e. The number of carbonyl (C=O) groups excluding carboxylic acids is 1. The van der Waals surface area contributed by atoms with Crippen LogP contribution in [0.25, 0.3) is 0 Å². The molecule has 1 aromatic rings. The lowest BCUT2D eigenvalue weighted by Crippen LogP contribution is -2.40. The molecule has 1 aliphatic carbocycles. The Morgan fingerprint density at radius 3 is 2.38 bits per heavy atom. The van der Waals surface area contributed by atoms with Crippen LogP contribution >= 0.6 is 0 Å². The van der Waals surface area contributed by atoms with Crippen LogP contribution in [0.5, 0.6) is 0 Å². The highest BCUT2D eigenvalue weighted by molar-refractivity contribution is 6.01. The summed E-state index contributed by atoms with van der Waals surface area (Å²) in [5.41, 5.74) is 1.79. The summed E-state index contributed by atoms with van der Waals surface area (Å²) >= 11 is 0. The SMILES string of the molecule is CCC(C)c1ccc(C(=O)C(CC(=O)O)NC2CC2)cc1. The van der Waals surface area contributed by atoms with Crippen molar-refractivity contribution in [2.45, 2.75) is 57.5 Å². The average Bonchev–Trinajstić information content (AvgIpc) is 3.28. The van der Waals surface area contributed by atoms with Crippen LogP contribution in [0.2, 0.25) is 0 Å². The molecule has 1 aromatic carbocycles. The van der Waals surface area contributed by atoms with E-state index in [4.69, 9.17) is 5.11 Å². The van der Waals surface area contributed by atoms with Crippen molar-refractivity contribution in [3.63, 3.8) is 0 Å². The molecule has 4 nitrogen and oxygen atoms in total. The number of rotatable bonds is 8. The molecular formula is C17H23NO3. The minimum atomic E-state index is -0.947. The standard InChI is InChI=1S/C17H23NO3/c1-3-11(2)12-4-6-13(7-5-12)17(21)15(10-16(19)20)18-14-8-9-14/h4-7,11,14-15,18H,3,8-10H2,1-2H3,(H,19,20). The van der Waals surface area contributed by atoms with Crippen molar-refractivity contribution in [3.8, 4) is 0 Å². The van der Waals surface area contributed by atoms with Crippen LogP contribution in [-0.2, 0) is 4.79 Å². The van der Waals surface area contributed by atoms with Crippen molar-refractivity contribution in [1.29, 1.82) is 0 Å². The third-order valence-electron chi connectivity index (χ3n) is 4.09. The quantitative estimate of drug-likeness (QED) is 0.722. The zero-order valence-electron chi connectivity index (χ0n) is 12.6. The van der Waals surface area contributed by atoms with E-state index >= 15 is 0 Å². The third-order valence-corrected chi connectivity index (χ3v) is 4.09. The number of hydrogen-bond acceptors (Lipinski definition) is 3. The van der Waals surface area contributed by atoms with E-state index < -0.39 is 12.0 Å². The molecule has 0 heterocycles. The zero-order valence-corrected chi connectivity index (χ0v) is 12.6. The van der Waals surface area contributed by atoms with Crippen LogP contribution in [0.4, 0.5) is 0 Å². The molecule has 1 aliphatic rings. The van der Waals surface area contributed by atoms with Crippen LogP contribution in [0.3, 0.4) is 0 Å². The highest BCUT2D eigenvalue weighted by Gasteiger charge is 2.30. The third kappa shape index (κ3) is 4.39. The number of ketones is 1. The Balaban J connectivity index is 2.09. The van der Waals surface area contributed by atoms with E-state index in [0.717, 1.165) is 19.3 Å². The summed E-state index contributed by atoms with van der Waals surface area (Å²) < 4.78 is 0. The Morgan fingerprint density at radius 2 is 1.90 bits per heavy atom. The first-order valence-electron chi connectivity index (χ1n) is 7.63. The Hall–Kier alpha value is -1.68. The van der Waals surface area contributed by atoms with E-state index in [2.05, 4.69) is 19.2 Å². The Kier molecular flexibility index (Phi) is 5.12. The highest BCUT2D eigenvalue weighted by atomic mass is 16.4. The van der Waals surface area contributed by atoms with Crippen molar-refractivity contribution < 1.29 is 14.7 Å². The maximum atomic E-state index is 12.5. The van der Waals surface area contributed by atoms with Gasteiger partial charge in [0.1, 0.15) is 0 Å². The van der Waals surface area contributed by atoms with Gasteiger partial charge < -0.3 is 10.4 Å². The van der Waals surface area contributed by atoms with E-state index in [0.29, 0.717) is 17.5 Å². The van der Waals surface area contributed by atoms with Crippen LogP contribution in [-0.4, -0.2) is 28.9 Å². The number of carboxylic acids is 1. The molecule has 2 atom stereocenters. The van der Waals surface area contributed by atoms with Gasteiger partial charge in [0, 0.05) is 11.6 Å². The van der Waals surface area contributed by atoms with Gasteiger partial charge in [-0.3, -0.25) is 9.59 Å². The first kappa shape index (κ1) is 15.7. The summed E-state index contributed by atoms with van der Waals surface area (Å²) in [6, 6.07) is 7.25. The Morgan fingerprint density at radius 1 is 1.29 bits per heavy atom. The molecule has 4 heteroatoms. The van der Waals surface area contributed by atoms with Crippen LogP contribution < -0.4 is 5.32 Å². The number of benzene rings is 1. The molecule has 0 aliphatic heterocycles. The van der Waals surface area contributed by atoms with Gasteiger partial charge in [0.05, 0.1) is 12.5 Å². The molecule has 0 amide bonds. The van der Waals surface area contributed by atoms with Crippen molar-refractivity contribution in [2.24, 2.45) is 0 Å². The van der Waals surface area contributed by atoms with E-state index in [1.807, 2.05) is 24.3 Å². The van der Waals surface area contributed by atoms with Gasteiger partial charge in [0.15, 0.2) is 5.78 Å². The second-order valence-corrected chi connectivity index (χ2v) is 5.89. The second kappa shape index (κ2) is 6.85. The fourth-order valence-corrected chi connectivity index (χ4v) is 2.35. The Bertz CT molecular complexity index is 505. The highest BCUT2D eigenvalue weighted by Crippen LogP contribution is 2.22. The zero-order chi connectivity index (χ0) is 15.4. The van der Waals surface area contributed by atoms with Gasteiger partial charge in [-0.1, -0.05) is 38.1 Å². The van der Waals surface area contributed by atoms with Crippen LogP contribution in [0.15, 0.2) is 24.3 Å². The first-order valence-corrected chi connectivity index (χ1v) is 7.63. The fraction of sp³-hybridized carbons (Fsp3) is 0.529. The normalized spacial score (nSPS) is 17.2. The van der Waals surface area contributed by atoms with Crippen LogP contribution in [0.1, 0.15) is 61.4 Å². The number of nitrogens with one attached hydrogen (secondary N) is 1. The van der Waals surface area contributed by atoms with Crippen molar-refractivity contribution in [1.82, 2.24) is 5.32 Å². The predicted octanol–water partition coefficient (Wildman–Crippen LogP) is 2.98. The van der Waals surface area contributed by atoms with Gasteiger partial charge in [0.2, 0.25) is 0 Å². The first-order chi connectivity index (χ1) is 10.0. The largest absolute Gasteiger partial charge is 0.481 e. The fourth-order valence-electron chi connectivity index (χ4n) is 2.35.